The Morgan fingerprint density at radius 1 is 0.733 bits per heavy atom. The van der Waals surface area contributed by atoms with Gasteiger partial charge in [0.2, 0.25) is 0 Å². The van der Waals surface area contributed by atoms with Crippen LogP contribution in [0.2, 0.25) is 0 Å². The summed E-state index contributed by atoms with van der Waals surface area (Å²) in [4.78, 5) is 0. The van der Waals surface area contributed by atoms with E-state index in [2.05, 4.69) is 20.8 Å². The Morgan fingerprint density at radius 2 is 1.43 bits per heavy atom. The topological polar surface area (TPSA) is 57.2 Å². The first-order valence-electron chi connectivity index (χ1n) is 12.5. The van der Waals surface area contributed by atoms with E-state index in [1.807, 2.05) is 0 Å². The number of hydrogen-bond donors (Lipinski definition) is 1. The first-order valence-corrected chi connectivity index (χ1v) is 12.5. The Kier molecular flexibility index (Phi) is 4.53. The number of aliphatic hydroxyl groups is 1. The molecular weight excluding hydrogens is 380 g/mol. The van der Waals surface area contributed by atoms with Gasteiger partial charge in [-0.3, -0.25) is 0 Å². The monoisotopic (exact) mass is 420 g/mol. The molecule has 30 heavy (non-hydrogen) atoms. The maximum absolute atomic E-state index is 11.7. The highest BCUT2D eigenvalue weighted by molar-refractivity contribution is 5.14. The van der Waals surface area contributed by atoms with Crippen molar-refractivity contribution in [1.82, 2.24) is 0 Å². The maximum Gasteiger partial charge on any atom is 0.169 e. The van der Waals surface area contributed by atoms with E-state index < -0.39 is 5.79 Å². The molecule has 5 heteroatoms. The summed E-state index contributed by atoms with van der Waals surface area (Å²) in [6, 6.07) is 0. The number of hydrogen-bond acceptors (Lipinski definition) is 5. The minimum atomic E-state index is -0.467. The lowest BCUT2D eigenvalue weighted by Crippen LogP contribution is -2.61. The maximum atomic E-state index is 11.7. The van der Waals surface area contributed by atoms with Crippen molar-refractivity contribution in [3.63, 3.8) is 0 Å². The van der Waals surface area contributed by atoms with Crippen LogP contribution in [0.5, 0.6) is 0 Å². The van der Waals surface area contributed by atoms with Crippen LogP contribution in [0.1, 0.15) is 72.1 Å². The lowest BCUT2D eigenvalue weighted by Gasteiger charge is -2.63. The Bertz CT molecular complexity index is 683. The van der Waals surface area contributed by atoms with Gasteiger partial charge >= 0.3 is 0 Å². The molecule has 0 radical (unpaired) electrons. The number of rotatable bonds is 1. The SMILES string of the molecule is CC1([C@H]2CC[C@H]3[C@@H]4CC[C@H]5CC6(CC[C@]5(C)[C@H]4[C@H](O)C[C@]23C)OCCO6)OCCO1. The van der Waals surface area contributed by atoms with Gasteiger partial charge in [-0.2, -0.15) is 0 Å². The largest absolute Gasteiger partial charge is 0.393 e. The fourth-order valence-corrected chi connectivity index (χ4v) is 9.67. The second kappa shape index (κ2) is 6.66. The van der Waals surface area contributed by atoms with E-state index in [1.165, 1.54) is 25.7 Å². The number of fused-ring (bicyclic) bond motifs is 5. The average Bonchev–Trinajstić information content (AvgIpc) is 3.41. The highest BCUT2D eigenvalue weighted by atomic mass is 16.7. The van der Waals surface area contributed by atoms with Gasteiger partial charge in [0.15, 0.2) is 11.6 Å². The Balaban J connectivity index is 1.28. The second-order valence-corrected chi connectivity index (χ2v) is 12.0. The zero-order valence-corrected chi connectivity index (χ0v) is 19.0. The first kappa shape index (κ1) is 20.4. The van der Waals surface area contributed by atoms with Crippen molar-refractivity contribution in [3.8, 4) is 0 Å². The van der Waals surface area contributed by atoms with Crippen LogP contribution in [0, 0.1) is 40.4 Å². The van der Waals surface area contributed by atoms with Crippen LogP contribution in [0.4, 0.5) is 0 Å². The highest BCUT2D eigenvalue weighted by Crippen LogP contribution is 2.69. The minimum Gasteiger partial charge on any atom is -0.393 e. The summed E-state index contributed by atoms with van der Waals surface area (Å²) in [6.07, 6.45) is 8.70. The van der Waals surface area contributed by atoms with Crippen LogP contribution in [-0.4, -0.2) is 49.2 Å². The van der Waals surface area contributed by atoms with Gasteiger partial charge in [0.05, 0.1) is 32.5 Å². The summed E-state index contributed by atoms with van der Waals surface area (Å²) in [6.45, 7) is 9.96. The molecule has 0 aromatic carbocycles. The van der Waals surface area contributed by atoms with Crippen LogP contribution in [-0.2, 0) is 18.9 Å². The molecule has 6 rings (SSSR count). The molecule has 0 bridgehead atoms. The van der Waals surface area contributed by atoms with Gasteiger partial charge in [-0.1, -0.05) is 13.8 Å². The van der Waals surface area contributed by atoms with E-state index in [4.69, 9.17) is 18.9 Å². The third-order valence-corrected chi connectivity index (χ3v) is 10.9. The van der Waals surface area contributed by atoms with E-state index in [0.29, 0.717) is 42.8 Å². The minimum absolute atomic E-state index is 0.108. The zero-order valence-electron chi connectivity index (χ0n) is 19.0. The number of aliphatic hydroxyl groups excluding tert-OH is 1. The predicted octanol–water partition coefficient (Wildman–Crippen LogP) is 4.12. The first-order chi connectivity index (χ1) is 14.3. The van der Waals surface area contributed by atoms with E-state index in [0.717, 1.165) is 38.9 Å². The molecule has 0 aromatic rings. The molecule has 1 N–H and O–H groups in total. The van der Waals surface area contributed by atoms with Crippen molar-refractivity contribution < 1.29 is 24.1 Å². The molecule has 0 aromatic heterocycles. The van der Waals surface area contributed by atoms with Gasteiger partial charge in [0.25, 0.3) is 0 Å². The second-order valence-electron chi connectivity index (χ2n) is 12.0. The van der Waals surface area contributed by atoms with Crippen molar-refractivity contribution in [2.45, 2.75) is 89.8 Å². The Hall–Kier alpha value is -0.200. The molecule has 170 valence electrons. The molecule has 4 saturated carbocycles. The molecule has 8 atom stereocenters. The molecule has 0 amide bonds. The van der Waals surface area contributed by atoms with E-state index in [9.17, 15) is 5.11 Å². The third kappa shape index (κ3) is 2.65. The third-order valence-electron chi connectivity index (χ3n) is 10.9. The van der Waals surface area contributed by atoms with Crippen LogP contribution in [0.15, 0.2) is 0 Å². The smallest absolute Gasteiger partial charge is 0.169 e. The lowest BCUT2D eigenvalue weighted by atomic mass is 9.43. The van der Waals surface area contributed by atoms with Crippen molar-refractivity contribution in [1.29, 1.82) is 0 Å². The van der Waals surface area contributed by atoms with Gasteiger partial charge in [0, 0.05) is 18.8 Å². The number of ether oxygens (including phenoxy) is 4. The van der Waals surface area contributed by atoms with Gasteiger partial charge in [-0.15, -0.1) is 0 Å². The summed E-state index contributed by atoms with van der Waals surface area (Å²) in [5, 5.41) is 11.7. The molecule has 1 spiro atoms. The Morgan fingerprint density at radius 3 is 2.17 bits per heavy atom. The van der Waals surface area contributed by atoms with Crippen LogP contribution in [0.3, 0.4) is 0 Å². The van der Waals surface area contributed by atoms with Crippen LogP contribution in [0.25, 0.3) is 0 Å². The summed E-state index contributed by atoms with van der Waals surface area (Å²) in [7, 11) is 0. The van der Waals surface area contributed by atoms with Crippen molar-refractivity contribution in [2.75, 3.05) is 26.4 Å². The average molecular weight is 421 g/mol. The summed E-state index contributed by atoms with van der Waals surface area (Å²) in [5.41, 5.74) is 0.309. The molecule has 0 unspecified atom stereocenters. The molecule has 6 aliphatic rings. The molecular formula is C25H40O5. The fourth-order valence-electron chi connectivity index (χ4n) is 9.67. The lowest BCUT2D eigenvalue weighted by molar-refractivity contribution is -0.254. The fraction of sp³-hybridized carbons (Fsp3) is 1.00. The molecule has 2 heterocycles. The van der Waals surface area contributed by atoms with Gasteiger partial charge in [0.1, 0.15) is 0 Å². The van der Waals surface area contributed by atoms with Crippen LogP contribution < -0.4 is 0 Å². The molecule has 2 aliphatic heterocycles. The molecule has 4 aliphatic carbocycles. The highest BCUT2D eigenvalue weighted by Gasteiger charge is 2.67. The predicted molar refractivity (Wildman–Crippen MR) is 112 cm³/mol. The molecule has 5 nitrogen and oxygen atoms in total. The van der Waals surface area contributed by atoms with Crippen molar-refractivity contribution >= 4 is 0 Å². The van der Waals surface area contributed by atoms with Gasteiger partial charge in [-0.05, 0) is 80.0 Å². The van der Waals surface area contributed by atoms with Gasteiger partial charge < -0.3 is 24.1 Å². The van der Waals surface area contributed by atoms with Crippen molar-refractivity contribution in [2.24, 2.45) is 40.4 Å². The summed E-state index contributed by atoms with van der Waals surface area (Å²) in [5.74, 6) is 1.89. The summed E-state index contributed by atoms with van der Waals surface area (Å²) < 4.78 is 24.5. The zero-order chi connectivity index (χ0) is 20.8. The molecule has 6 fully saturated rings. The standard InChI is InChI=1S/C25H40O5/c1-22-8-9-25(29-12-13-30-25)14-16(22)4-5-17-18-6-7-20(24(3)27-10-11-28-24)23(18,2)15-19(26)21(17)22/h16-21,26H,4-15H2,1-3H3/t16-,17-,18-,19+,20-,21+,22-,23-/m0/s1. The van der Waals surface area contributed by atoms with Crippen molar-refractivity contribution in [3.05, 3.63) is 0 Å². The molecule has 2 saturated heterocycles. The summed E-state index contributed by atoms with van der Waals surface area (Å²) >= 11 is 0. The quantitative estimate of drug-likeness (QED) is 0.691. The van der Waals surface area contributed by atoms with Gasteiger partial charge in [-0.25, -0.2) is 0 Å². The van der Waals surface area contributed by atoms with E-state index >= 15 is 0 Å². The normalized spacial score (nSPS) is 54.0. The van der Waals surface area contributed by atoms with Crippen LogP contribution >= 0.6 is 0 Å². The Labute approximate surface area is 181 Å². The van der Waals surface area contributed by atoms with E-state index in [1.54, 1.807) is 0 Å². The van der Waals surface area contributed by atoms with E-state index in [-0.39, 0.29) is 22.7 Å².